The van der Waals surface area contributed by atoms with Gasteiger partial charge in [-0.15, -0.1) is 0 Å². The van der Waals surface area contributed by atoms with E-state index in [0.29, 0.717) is 0 Å². The molecule has 2 heterocycles. The molecule has 0 bridgehead atoms. The molecule has 0 radical (unpaired) electrons. The Morgan fingerprint density at radius 2 is 0.778 bits per heavy atom. The van der Waals surface area contributed by atoms with Crippen molar-refractivity contribution in [3.05, 3.63) is 0 Å². The van der Waals surface area contributed by atoms with E-state index >= 15 is 0 Å². The van der Waals surface area contributed by atoms with Crippen molar-refractivity contribution in [1.82, 2.24) is 0 Å². The van der Waals surface area contributed by atoms with E-state index in [1.54, 1.807) is 0 Å². The first-order valence-electron chi connectivity index (χ1n) is 13.7. The highest BCUT2D eigenvalue weighted by Crippen LogP contribution is 2.33. The van der Waals surface area contributed by atoms with E-state index in [0.717, 1.165) is 48.5 Å². The predicted octanol–water partition coefficient (Wildman–Crippen LogP) is -0.747. The van der Waals surface area contributed by atoms with Crippen molar-refractivity contribution in [2.45, 2.75) is 110 Å². The third kappa shape index (κ3) is 11.2. The van der Waals surface area contributed by atoms with E-state index < -0.39 is 116 Å². The molecule has 18 heteroatoms. The zero-order valence-corrected chi connectivity index (χ0v) is 26.0. The molecule has 0 aromatic carbocycles. The number of methoxy groups -OCH3 is 1. The summed E-state index contributed by atoms with van der Waals surface area (Å²) >= 11 is 0. The number of carbonyl (C=O) groups is 7. The van der Waals surface area contributed by atoms with Gasteiger partial charge in [0.25, 0.3) is 0 Å². The van der Waals surface area contributed by atoms with Gasteiger partial charge in [-0.3, -0.25) is 33.6 Å². The maximum Gasteiger partial charge on any atom is 0.303 e. The summed E-state index contributed by atoms with van der Waals surface area (Å²) in [6, 6.07) is 0. The third-order valence-electron chi connectivity index (χ3n) is 6.10. The first-order chi connectivity index (χ1) is 21.0. The van der Waals surface area contributed by atoms with Crippen LogP contribution in [0, 0.1) is 0 Å². The summed E-state index contributed by atoms with van der Waals surface area (Å²) in [6.07, 6.45) is -14.3. The molecule has 0 aromatic rings. The molecule has 0 aromatic heterocycles. The van der Waals surface area contributed by atoms with Crippen LogP contribution in [0.15, 0.2) is 0 Å². The van der Waals surface area contributed by atoms with Crippen LogP contribution in [-0.4, -0.2) is 124 Å². The Hall–Kier alpha value is -3.87. The third-order valence-corrected chi connectivity index (χ3v) is 6.10. The van der Waals surface area contributed by atoms with Gasteiger partial charge < -0.3 is 52.1 Å². The van der Waals surface area contributed by atoms with Gasteiger partial charge in [-0.1, -0.05) is 0 Å². The molecule has 2 aliphatic heterocycles. The van der Waals surface area contributed by atoms with Crippen LogP contribution in [0.1, 0.15) is 48.5 Å². The smallest absolute Gasteiger partial charge is 0.303 e. The molecule has 2 fully saturated rings. The molecule has 2 aliphatic rings. The van der Waals surface area contributed by atoms with Crippen LogP contribution in [-0.2, 0) is 85.7 Å². The van der Waals surface area contributed by atoms with Crippen molar-refractivity contribution in [2.75, 3.05) is 20.3 Å². The minimum atomic E-state index is -1.61. The number of esters is 7. The van der Waals surface area contributed by atoms with Crippen molar-refractivity contribution >= 4 is 41.8 Å². The van der Waals surface area contributed by atoms with Gasteiger partial charge in [-0.05, 0) is 0 Å². The van der Waals surface area contributed by atoms with Crippen molar-refractivity contribution in [3.63, 3.8) is 0 Å². The fraction of sp³-hybridized carbons (Fsp3) is 0.741. The topological polar surface area (TPSA) is 221 Å². The van der Waals surface area contributed by atoms with Crippen molar-refractivity contribution in [2.24, 2.45) is 0 Å². The fourth-order valence-corrected chi connectivity index (χ4v) is 4.69. The van der Waals surface area contributed by atoms with E-state index in [2.05, 4.69) is 0 Å². The Morgan fingerprint density at radius 3 is 1.16 bits per heavy atom. The Morgan fingerprint density at radius 1 is 0.444 bits per heavy atom. The summed E-state index contributed by atoms with van der Waals surface area (Å²) in [5.41, 5.74) is 0. The molecular formula is C27H38O18. The van der Waals surface area contributed by atoms with Gasteiger partial charge >= 0.3 is 41.8 Å². The molecule has 2 saturated heterocycles. The second kappa shape index (κ2) is 17.0. The van der Waals surface area contributed by atoms with Gasteiger partial charge in [-0.25, -0.2) is 0 Å². The molecule has 45 heavy (non-hydrogen) atoms. The quantitative estimate of drug-likeness (QED) is 0.187. The monoisotopic (exact) mass is 650 g/mol. The summed E-state index contributed by atoms with van der Waals surface area (Å²) in [5.74, 6) is -5.67. The lowest BCUT2D eigenvalue weighted by molar-refractivity contribution is -0.332. The summed E-state index contributed by atoms with van der Waals surface area (Å²) in [7, 11) is 1.22. The zero-order valence-electron chi connectivity index (χ0n) is 26.0. The Bertz CT molecular complexity index is 1110. The van der Waals surface area contributed by atoms with Crippen LogP contribution in [0.4, 0.5) is 0 Å². The molecule has 18 nitrogen and oxygen atoms in total. The highest BCUT2D eigenvalue weighted by molar-refractivity contribution is 5.69. The van der Waals surface area contributed by atoms with E-state index in [9.17, 15) is 33.6 Å². The van der Waals surface area contributed by atoms with E-state index in [1.165, 1.54) is 7.11 Å². The lowest BCUT2D eigenvalue weighted by Crippen LogP contribution is -2.65. The number of hydrogen-bond acceptors (Lipinski definition) is 18. The summed E-state index contributed by atoms with van der Waals surface area (Å²) in [6.45, 7) is 6.49. The predicted molar refractivity (Wildman–Crippen MR) is 140 cm³/mol. The van der Waals surface area contributed by atoms with Crippen LogP contribution in [0.2, 0.25) is 0 Å². The van der Waals surface area contributed by atoms with Gasteiger partial charge in [0.1, 0.15) is 18.8 Å². The SMILES string of the molecule is CO[C@@H]1O[C@H](CO[C@@H]2O[C@H](COC(C)=O)[C@@H](OC(C)=O)[C@H](OC(C)=O)[C@H]2OC(C)=O)[C@H](OC(C)=O)[C@H](OC(C)=O)[C@H]1OC(C)=O. The molecule has 0 N–H and O–H groups in total. The molecule has 254 valence electrons. The molecule has 0 aliphatic carbocycles. The highest BCUT2D eigenvalue weighted by Gasteiger charge is 2.55. The first kappa shape index (κ1) is 37.3. The second-order valence-corrected chi connectivity index (χ2v) is 9.90. The minimum absolute atomic E-state index is 0.502. The summed E-state index contributed by atoms with van der Waals surface area (Å²) in [4.78, 5) is 83.6. The summed E-state index contributed by atoms with van der Waals surface area (Å²) < 4.78 is 60.1. The van der Waals surface area contributed by atoms with Crippen LogP contribution in [0.5, 0.6) is 0 Å². The van der Waals surface area contributed by atoms with Crippen LogP contribution < -0.4 is 0 Å². The lowest BCUT2D eigenvalue weighted by atomic mass is 9.97. The highest BCUT2D eigenvalue weighted by atomic mass is 16.8. The average Bonchev–Trinajstić information content (AvgIpc) is 2.90. The number of ether oxygens (including phenoxy) is 11. The second-order valence-electron chi connectivity index (χ2n) is 9.90. The minimum Gasteiger partial charge on any atom is -0.463 e. The Labute approximate surface area is 258 Å². The lowest BCUT2D eigenvalue weighted by Gasteiger charge is -2.46. The van der Waals surface area contributed by atoms with Crippen molar-refractivity contribution in [1.29, 1.82) is 0 Å². The largest absolute Gasteiger partial charge is 0.463 e. The molecule has 0 amide bonds. The maximum atomic E-state index is 12.1. The van der Waals surface area contributed by atoms with Gasteiger partial charge in [0.05, 0.1) is 6.61 Å². The Balaban J connectivity index is 2.51. The summed E-state index contributed by atoms with van der Waals surface area (Å²) in [5, 5.41) is 0. The average molecular weight is 651 g/mol. The van der Waals surface area contributed by atoms with Gasteiger partial charge in [0.2, 0.25) is 0 Å². The molecule has 0 unspecified atom stereocenters. The normalized spacial score (nSPS) is 31.0. The van der Waals surface area contributed by atoms with Crippen LogP contribution in [0.25, 0.3) is 0 Å². The Kier molecular flexibility index (Phi) is 14.1. The van der Waals surface area contributed by atoms with Gasteiger partial charge in [-0.2, -0.15) is 0 Å². The maximum absolute atomic E-state index is 12.1. The first-order valence-corrected chi connectivity index (χ1v) is 13.7. The van der Waals surface area contributed by atoms with E-state index in [1.807, 2.05) is 0 Å². The van der Waals surface area contributed by atoms with Crippen LogP contribution >= 0.6 is 0 Å². The molecule has 0 saturated carbocycles. The molecule has 2 rings (SSSR count). The number of carbonyl (C=O) groups excluding carboxylic acids is 7. The molecule has 0 spiro atoms. The van der Waals surface area contributed by atoms with Crippen molar-refractivity contribution in [3.8, 4) is 0 Å². The zero-order chi connectivity index (χ0) is 34.0. The number of rotatable bonds is 12. The van der Waals surface area contributed by atoms with Crippen LogP contribution in [0.3, 0.4) is 0 Å². The van der Waals surface area contributed by atoms with Gasteiger partial charge in [0, 0.05) is 55.6 Å². The standard InChI is InChI=1S/C27H38O18/c1-11(28)36-9-18-20(38-12(2)29)23(41-15(5)32)25(43-17(7)34)27(45-18)37-10-19-21(39-13(3)30)22(40-14(4)31)24(42-16(6)33)26(35-8)44-19/h18-27H,9-10H2,1-8H3/t18-,19-,20-,21+,22+,23+,24-,25-,26-,27-/m1/s1. The van der Waals surface area contributed by atoms with E-state index in [4.69, 9.17) is 52.1 Å². The number of hydrogen-bond donors (Lipinski definition) is 0. The van der Waals surface area contributed by atoms with Gasteiger partial charge in [0.15, 0.2) is 49.2 Å². The van der Waals surface area contributed by atoms with Crippen molar-refractivity contribution < 1.29 is 85.7 Å². The van der Waals surface area contributed by atoms with E-state index in [-0.39, 0.29) is 0 Å². The molecule has 10 atom stereocenters. The molecular weight excluding hydrogens is 612 g/mol. The fourth-order valence-electron chi connectivity index (χ4n) is 4.69.